The predicted octanol–water partition coefficient (Wildman–Crippen LogP) is 0.905. The molecule has 18 heavy (non-hydrogen) atoms. The molecule has 1 aliphatic rings. The van der Waals surface area contributed by atoms with E-state index in [2.05, 4.69) is 5.32 Å². The van der Waals surface area contributed by atoms with Crippen molar-refractivity contribution in [3.63, 3.8) is 0 Å². The SMILES string of the molecule is CCOC(CCNCC1(O)CCOC1C)OCC. The van der Waals surface area contributed by atoms with E-state index in [1.165, 1.54) is 0 Å². The van der Waals surface area contributed by atoms with Gasteiger partial charge in [-0.15, -0.1) is 0 Å². The van der Waals surface area contributed by atoms with E-state index in [1.54, 1.807) is 0 Å². The van der Waals surface area contributed by atoms with Crippen LogP contribution >= 0.6 is 0 Å². The third-order valence-corrected chi connectivity index (χ3v) is 3.35. The van der Waals surface area contributed by atoms with Crippen LogP contribution in [0.25, 0.3) is 0 Å². The summed E-state index contributed by atoms with van der Waals surface area (Å²) in [5, 5.41) is 13.5. The summed E-state index contributed by atoms with van der Waals surface area (Å²) < 4.78 is 16.3. The van der Waals surface area contributed by atoms with Crippen LogP contribution in [-0.2, 0) is 14.2 Å². The molecule has 0 radical (unpaired) electrons. The maximum atomic E-state index is 10.3. The zero-order valence-corrected chi connectivity index (χ0v) is 11.8. The molecule has 0 aliphatic carbocycles. The largest absolute Gasteiger partial charge is 0.386 e. The fraction of sp³-hybridized carbons (Fsp3) is 1.00. The van der Waals surface area contributed by atoms with Crippen molar-refractivity contribution in [3.8, 4) is 0 Å². The number of hydrogen-bond acceptors (Lipinski definition) is 5. The van der Waals surface area contributed by atoms with Gasteiger partial charge in [-0.2, -0.15) is 0 Å². The molecule has 0 aromatic heterocycles. The van der Waals surface area contributed by atoms with Gasteiger partial charge in [-0.05, 0) is 20.8 Å². The second-order valence-corrected chi connectivity index (χ2v) is 4.67. The highest BCUT2D eigenvalue weighted by Gasteiger charge is 2.38. The molecule has 0 amide bonds. The maximum absolute atomic E-state index is 10.3. The minimum Gasteiger partial charge on any atom is -0.386 e. The molecule has 108 valence electrons. The topological polar surface area (TPSA) is 60.0 Å². The van der Waals surface area contributed by atoms with Crippen LogP contribution in [0.4, 0.5) is 0 Å². The Bertz CT molecular complexity index is 221. The number of hydrogen-bond donors (Lipinski definition) is 2. The van der Waals surface area contributed by atoms with Gasteiger partial charge < -0.3 is 24.6 Å². The smallest absolute Gasteiger partial charge is 0.158 e. The molecule has 0 bridgehead atoms. The normalized spacial score (nSPS) is 28.2. The Morgan fingerprint density at radius 1 is 1.39 bits per heavy atom. The van der Waals surface area contributed by atoms with Crippen molar-refractivity contribution in [2.24, 2.45) is 0 Å². The molecule has 1 fully saturated rings. The van der Waals surface area contributed by atoms with E-state index in [9.17, 15) is 5.11 Å². The first-order chi connectivity index (χ1) is 8.62. The van der Waals surface area contributed by atoms with Crippen LogP contribution in [0.3, 0.4) is 0 Å². The Hall–Kier alpha value is -0.200. The Balaban J connectivity index is 2.16. The molecular formula is C13H27NO4. The van der Waals surface area contributed by atoms with Crippen LogP contribution < -0.4 is 5.32 Å². The molecular weight excluding hydrogens is 234 g/mol. The van der Waals surface area contributed by atoms with Crippen molar-refractivity contribution in [1.29, 1.82) is 0 Å². The van der Waals surface area contributed by atoms with Gasteiger partial charge in [0.05, 0.1) is 6.10 Å². The molecule has 1 heterocycles. The van der Waals surface area contributed by atoms with Crippen molar-refractivity contribution in [1.82, 2.24) is 5.32 Å². The van der Waals surface area contributed by atoms with Gasteiger partial charge in [0, 0.05) is 45.8 Å². The van der Waals surface area contributed by atoms with Gasteiger partial charge in [0.2, 0.25) is 0 Å². The minimum absolute atomic E-state index is 0.0976. The molecule has 5 heteroatoms. The third-order valence-electron chi connectivity index (χ3n) is 3.35. The van der Waals surface area contributed by atoms with Gasteiger partial charge in [0.15, 0.2) is 6.29 Å². The fourth-order valence-electron chi connectivity index (χ4n) is 2.11. The second kappa shape index (κ2) is 8.07. The van der Waals surface area contributed by atoms with E-state index in [0.29, 0.717) is 32.8 Å². The lowest BCUT2D eigenvalue weighted by molar-refractivity contribution is -0.139. The Labute approximate surface area is 110 Å². The first kappa shape index (κ1) is 15.9. The highest BCUT2D eigenvalue weighted by Crippen LogP contribution is 2.24. The molecule has 1 aliphatic heterocycles. The highest BCUT2D eigenvalue weighted by molar-refractivity contribution is 4.91. The van der Waals surface area contributed by atoms with Gasteiger partial charge in [0.25, 0.3) is 0 Å². The second-order valence-electron chi connectivity index (χ2n) is 4.67. The van der Waals surface area contributed by atoms with Gasteiger partial charge in [-0.3, -0.25) is 0 Å². The molecule has 0 saturated carbocycles. The lowest BCUT2D eigenvalue weighted by atomic mass is 9.97. The first-order valence-electron chi connectivity index (χ1n) is 6.90. The standard InChI is InChI=1S/C13H27NO4/c1-4-16-12(17-5-2)6-8-14-10-13(15)7-9-18-11(13)3/h11-12,14-15H,4-10H2,1-3H3. The van der Waals surface area contributed by atoms with Crippen molar-refractivity contribution in [2.75, 3.05) is 32.9 Å². The van der Waals surface area contributed by atoms with Crippen LogP contribution in [-0.4, -0.2) is 56.0 Å². The predicted molar refractivity (Wildman–Crippen MR) is 69.5 cm³/mol. The molecule has 2 atom stereocenters. The number of ether oxygens (including phenoxy) is 3. The first-order valence-corrected chi connectivity index (χ1v) is 6.90. The Morgan fingerprint density at radius 2 is 2.06 bits per heavy atom. The van der Waals surface area contributed by atoms with Crippen LogP contribution in [0.1, 0.15) is 33.6 Å². The van der Waals surface area contributed by atoms with Crippen LogP contribution in [0.5, 0.6) is 0 Å². The summed E-state index contributed by atoms with van der Waals surface area (Å²) in [6, 6.07) is 0. The Morgan fingerprint density at radius 3 is 2.56 bits per heavy atom. The molecule has 1 rings (SSSR count). The summed E-state index contributed by atoms with van der Waals surface area (Å²) in [7, 11) is 0. The van der Waals surface area contributed by atoms with Crippen LogP contribution in [0, 0.1) is 0 Å². The van der Waals surface area contributed by atoms with Crippen molar-refractivity contribution >= 4 is 0 Å². The summed E-state index contributed by atoms with van der Waals surface area (Å²) in [4.78, 5) is 0. The van der Waals surface area contributed by atoms with Crippen molar-refractivity contribution in [2.45, 2.75) is 51.6 Å². The molecule has 0 aromatic carbocycles. The van der Waals surface area contributed by atoms with E-state index >= 15 is 0 Å². The van der Waals surface area contributed by atoms with Crippen molar-refractivity contribution < 1.29 is 19.3 Å². The number of nitrogens with one attached hydrogen (secondary N) is 1. The van der Waals surface area contributed by atoms with E-state index in [4.69, 9.17) is 14.2 Å². The van der Waals surface area contributed by atoms with E-state index in [1.807, 2.05) is 20.8 Å². The van der Waals surface area contributed by atoms with Gasteiger partial charge in [-0.1, -0.05) is 0 Å². The molecule has 5 nitrogen and oxygen atoms in total. The van der Waals surface area contributed by atoms with Gasteiger partial charge in [-0.25, -0.2) is 0 Å². The zero-order valence-electron chi connectivity index (χ0n) is 11.8. The van der Waals surface area contributed by atoms with Crippen LogP contribution in [0.15, 0.2) is 0 Å². The molecule has 2 N–H and O–H groups in total. The van der Waals surface area contributed by atoms with Gasteiger partial charge >= 0.3 is 0 Å². The third kappa shape index (κ3) is 4.82. The molecule has 2 unspecified atom stereocenters. The quantitative estimate of drug-likeness (QED) is 0.477. The summed E-state index contributed by atoms with van der Waals surface area (Å²) in [6.45, 7) is 9.09. The highest BCUT2D eigenvalue weighted by atomic mass is 16.7. The molecule has 1 saturated heterocycles. The number of aliphatic hydroxyl groups is 1. The summed E-state index contributed by atoms with van der Waals surface area (Å²) in [5.41, 5.74) is -0.729. The summed E-state index contributed by atoms with van der Waals surface area (Å²) in [5.74, 6) is 0. The average molecular weight is 261 g/mol. The summed E-state index contributed by atoms with van der Waals surface area (Å²) >= 11 is 0. The van der Waals surface area contributed by atoms with E-state index in [-0.39, 0.29) is 12.4 Å². The lowest BCUT2D eigenvalue weighted by Gasteiger charge is -2.26. The summed E-state index contributed by atoms with van der Waals surface area (Å²) in [6.07, 6.45) is 1.23. The van der Waals surface area contributed by atoms with E-state index in [0.717, 1.165) is 13.0 Å². The zero-order chi connectivity index (χ0) is 13.4. The molecule has 0 aromatic rings. The lowest BCUT2D eigenvalue weighted by Crippen LogP contribution is -2.46. The minimum atomic E-state index is -0.729. The Kier molecular flexibility index (Phi) is 7.11. The van der Waals surface area contributed by atoms with Crippen LogP contribution in [0.2, 0.25) is 0 Å². The molecule has 0 spiro atoms. The number of rotatable bonds is 9. The van der Waals surface area contributed by atoms with E-state index < -0.39 is 5.60 Å². The average Bonchev–Trinajstić information content (AvgIpc) is 2.66. The maximum Gasteiger partial charge on any atom is 0.158 e. The fourth-order valence-corrected chi connectivity index (χ4v) is 2.11. The van der Waals surface area contributed by atoms with Gasteiger partial charge in [0.1, 0.15) is 5.60 Å². The van der Waals surface area contributed by atoms with Crippen molar-refractivity contribution in [3.05, 3.63) is 0 Å². The monoisotopic (exact) mass is 261 g/mol.